The highest BCUT2D eigenvalue weighted by atomic mass is 32.2. The van der Waals surface area contributed by atoms with Crippen LogP contribution in [-0.4, -0.2) is 30.8 Å². The number of nitrogens with two attached hydrogens (primary N) is 1. The van der Waals surface area contributed by atoms with Crippen molar-refractivity contribution in [2.45, 2.75) is 31.1 Å². The Morgan fingerprint density at radius 2 is 2.05 bits per heavy atom. The Kier molecular flexibility index (Phi) is 4.78. The van der Waals surface area contributed by atoms with Gasteiger partial charge in [-0.2, -0.15) is 4.31 Å². The quantitative estimate of drug-likeness (QED) is 0.784. The van der Waals surface area contributed by atoms with Crippen molar-refractivity contribution in [1.29, 1.82) is 0 Å². The second-order valence-corrected chi connectivity index (χ2v) is 7.51. The zero-order valence-electron chi connectivity index (χ0n) is 11.6. The molecule has 0 saturated heterocycles. The lowest BCUT2D eigenvalue weighted by Crippen LogP contribution is -2.34. The fourth-order valence-corrected chi connectivity index (χ4v) is 4.24. The Morgan fingerprint density at radius 1 is 1.40 bits per heavy atom. The SMILES string of the molecule is CCCN(CC1CC1)S(=O)(=O)c1ccccc1C(N)=S. The maximum Gasteiger partial charge on any atom is 0.243 e. The highest BCUT2D eigenvalue weighted by Crippen LogP contribution is 2.32. The van der Waals surface area contributed by atoms with Gasteiger partial charge in [0.1, 0.15) is 4.99 Å². The zero-order chi connectivity index (χ0) is 14.8. The van der Waals surface area contributed by atoms with E-state index in [9.17, 15) is 8.42 Å². The Labute approximate surface area is 126 Å². The largest absolute Gasteiger partial charge is 0.389 e. The van der Waals surface area contributed by atoms with Gasteiger partial charge in [0.2, 0.25) is 10.0 Å². The third-order valence-electron chi connectivity index (χ3n) is 3.40. The molecule has 0 amide bonds. The van der Waals surface area contributed by atoms with Gasteiger partial charge in [0.25, 0.3) is 0 Å². The number of hydrogen-bond acceptors (Lipinski definition) is 3. The Bertz CT molecular complexity index is 595. The molecule has 6 heteroatoms. The summed E-state index contributed by atoms with van der Waals surface area (Å²) in [4.78, 5) is 0.341. The fourth-order valence-electron chi connectivity index (χ4n) is 2.18. The van der Waals surface area contributed by atoms with Crippen LogP contribution in [0.15, 0.2) is 29.2 Å². The molecule has 0 spiro atoms. The van der Waals surface area contributed by atoms with Crippen molar-refractivity contribution in [3.63, 3.8) is 0 Å². The van der Waals surface area contributed by atoms with Gasteiger partial charge in [0.05, 0.1) is 4.90 Å². The minimum Gasteiger partial charge on any atom is -0.389 e. The average Bonchev–Trinajstić information content (AvgIpc) is 3.22. The number of benzene rings is 1. The van der Waals surface area contributed by atoms with Gasteiger partial charge in [-0.3, -0.25) is 0 Å². The predicted molar refractivity (Wildman–Crippen MR) is 84.1 cm³/mol. The fraction of sp³-hybridized carbons (Fsp3) is 0.500. The van der Waals surface area contributed by atoms with Gasteiger partial charge in [-0.1, -0.05) is 37.3 Å². The summed E-state index contributed by atoms with van der Waals surface area (Å²) in [5.74, 6) is 0.508. The monoisotopic (exact) mass is 312 g/mol. The van der Waals surface area contributed by atoms with Crippen LogP contribution in [0.5, 0.6) is 0 Å². The lowest BCUT2D eigenvalue weighted by atomic mass is 10.2. The van der Waals surface area contributed by atoms with Crippen LogP contribution in [0.1, 0.15) is 31.7 Å². The first-order chi connectivity index (χ1) is 9.46. The van der Waals surface area contributed by atoms with Gasteiger partial charge in [0.15, 0.2) is 0 Å². The minimum absolute atomic E-state index is 0.118. The van der Waals surface area contributed by atoms with E-state index in [1.54, 1.807) is 28.6 Å². The molecular formula is C14H20N2O2S2. The van der Waals surface area contributed by atoms with E-state index in [4.69, 9.17) is 18.0 Å². The van der Waals surface area contributed by atoms with Crippen LogP contribution >= 0.6 is 12.2 Å². The lowest BCUT2D eigenvalue weighted by Gasteiger charge is -2.22. The second-order valence-electron chi connectivity index (χ2n) is 5.17. The first-order valence-electron chi connectivity index (χ1n) is 6.85. The van der Waals surface area contributed by atoms with Crippen LogP contribution < -0.4 is 5.73 Å². The lowest BCUT2D eigenvalue weighted by molar-refractivity contribution is 0.395. The number of nitrogens with zero attached hydrogens (tertiary/aromatic N) is 1. The topological polar surface area (TPSA) is 63.4 Å². The molecule has 110 valence electrons. The number of hydrogen-bond donors (Lipinski definition) is 1. The van der Waals surface area contributed by atoms with Gasteiger partial charge in [0, 0.05) is 18.7 Å². The van der Waals surface area contributed by atoms with E-state index in [1.807, 2.05) is 6.92 Å². The average molecular weight is 312 g/mol. The maximum atomic E-state index is 12.8. The molecule has 1 aromatic carbocycles. The van der Waals surface area contributed by atoms with Crippen molar-refractivity contribution >= 4 is 27.2 Å². The molecule has 1 fully saturated rings. The zero-order valence-corrected chi connectivity index (χ0v) is 13.2. The van der Waals surface area contributed by atoms with E-state index >= 15 is 0 Å². The normalized spacial score (nSPS) is 15.5. The summed E-state index contributed by atoms with van der Waals surface area (Å²) in [6.07, 6.45) is 3.03. The molecule has 20 heavy (non-hydrogen) atoms. The molecule has 0 atom stereocenters. The minimum atomic E-state index is -3.53. The molecule has 1 aromatic rings. The first kappa shape index (κ1) is 15.4. The molecule has 1 aliphatic rings. The molecule has 1 aliphatic carbocycles. The first-order valence-corrected chi connectivity index (χ1v) is 8.70. The van der Waals surface area contributed by atoms with Gasteiger partial charge >= 0.3 is 0 Å². The molecule has 0 aromatic heterocycles. The van der Waals surface area contributed by atoms with Gasteiger partial charge in [-0.15, -0.1) is 0 Å². The van der Waals surface area contributed by atoms with Crippen LogP contribution in [-0.2, 0) is 10.0 Å². The van der Waals surface area contributed by atoms with Crippen LogP contribution in [0, 0.1) is 5.92 Å². The van der Waals surface area contributed by atoms with E-state index in [1.165, 1.54) is 0 Å². The molecule has 0 aliphatic heterocycles. The Hall–Kier alpha value is -0.980. The summed E-state index contributed by atoms with van der Waals surface area (Å²) in [7, 11) is -3.53. The molecule has 2 rings (SSSR count). The molecule has 0 bridgehead atoms. The number of rotatable bonds is 7. The molecule has 0 radical (unpaired) electrons. The Morgan fingerprint density at radius 3 is 2.60 bits per heavy atom. The summed E-state index contributed by atoms with van der Waals surface area (Å²) in [5.41, 5.74) is 6.08. The molecule has 0 unspecified atom stereocenters. The summed E-state index contributed by atoms with van der Waals surface area (Å²) in [6.45, 7) is 3.11. The standard InChI is InChI=1S/C14H20N2O2S2/c1-2-9-16(10-11-7-8-11)20(17,18)13-6-4-3-5-12(13)14(15)19/h3-6,11H,2,7-10H2,1H3,(H2,15,19). The predicted octanol–water partition coefficient (Wildman–Crippen LogP) is 2.13. The van der Waals surface area contributed by atoms with Crippen molar-refractivity contribution in [2.24, 2.45) is 11.7 Å². The van der Waals surface area contributed by atoms with Crippen LogP contribution in [0.4, 0.5) is 0 Å². The molecule has 4 nitrogen and oxygen atoms in total. The number of thiocarbonyl (C=S) groups is 1. The van der Waals surface area contributed by atoms with Crippen molar-refractivity contribution in [3.05, 3.63) is 29.8 Å². The van der Waals surface area contributed by atoms with Crippen LogP contribution in [0.2, 0.25) is 0 Å². The van der Waals surface area contributed by atoms with Crippen molar-refractivity contribution in [3.8, 4) is 0 Å². The van der Waals surface area contributed by atoms with Crippen molar-refractivity contribution < 1.29 is 8.42 Å². The van der Waals surface area contributed by atoms with Crippen LogP contribution in [0.25, 0.3) is 0 Å². The van der Waals surface area contributed by atoms with Crippen molar-refractivity contribution in [2.75, 3.05) is 13.1 Å². The molecule has 2 N–H and O–H groups in total. The smallest absolute Gasteiger partial charge is 0.243 e. The van der Waals surface area contributed by atoms with Gasteiger partial charge in [-0.05, 0) is 31.2 Å². The molecular weight excluding hydrogens is 292 g/mol. The maximum absolute atomic E-state index is 12.8. The van der Waals surface area contributed by atoms with E-state index in [0.29, 0.717) is 24.6 Å². The van der Waals surface area contributed by atoms with Crippen molar-refractivity contribution in [1.82, 2.24) is 4.31 Å². The Balaban J connectivity index is 2.38. The molecule has 0 heterocycles. The van der Waals surface area contributed by atoms with E-state index in [2.05, 4.69) is 0 Å². The third kappa shape index (κ3) is 3.37. The second kappa shape index (κ2) is 6.20. The van der Waals surface area contributed by atoms with E-state index < -0.39 is 10.0 Å². The van der Waals surface area contributed by atoms with Gasteiger partial charge in [-0.25, -0.2) is 8.42 Å². The highest BCUT2D eigenvalue weighted by Gasteiger charge is 2.32. The van der Waals surface area contributed by atoms with E-state index in [0.717, 1.165) is 19.3 Å². The highest BCUT2D eigenvalue weighted by molar-refractivity contribution is 7.89. The van der Waals surface area contributed by atoms with E-state index in [-0.39, 0.29) is 9.88 Å². The van der Waals surface area contributed by atoms with Crippen LogP contribution in [0.3, 0.4) is 0 Å². The van der Waals surface area contributed by atoms with Gasteiger partial charge < -0.3 is 5.73 Å². The summed E-state index contributed by atoms with van der Waals surface area (Å²) < 4.78 is 27.2. The summed E-state index contributed by atoms with van der Waals surface area (Å²) in [6, 6.07) is 6.70. The summed E-state index contributed by atoms with van der Waals surface area (Å²) in [5, 5.41) is 0. The molecule has 1 saturated carbocycles. The number of sulfonamides is 1. The third-order valence-corrected chi connectivity index (χ3v) is 5.55. The summed E-state index contributed by atoms with van der Waals surface area (Å²) >= 11 is 4.96.